The maximum atomic E-state index is 6.02. The van der Waals surface area contributed by atoms with E-state index in [0.717, 1.165) is 0 Å². The number of rotatable bonds is 2. The van der Waals surface area contributed by atoms with Gasteiger partial charge in [0.1, 0.15) is 16.5 Å². The molecule has 0 bridgehead atoms. The van der Waals surface area contributed by atoms with Crippen LogP contribution in [0.5, 0.6) is 11.5 Å². The van der Waals surface area contributed by atoms with E-state index in [0.29, 0.717) is 25.8 Å². The molecule has 7 heteroatoms. The molecule has 0 fully saturated rings. The van der Waals surface area contributed by atoms with E-state index in [1.807, 2.05) is 0 Å². The van der Waals surface area contributed by atoms with Gasteiger partial charge in [-0.2, -0.15) is 0 Å². The quantitative estimate of drug-likeness (QED) is 0.496. The van der Waals surface area contributed by atoms with E-state index >= 15 is 0 Å². The van der Waals surface area contributed by atoms with Gasteiger partial charge in [-0.3, -0.25) is 0 Å². The zero-order chi connectivity index (χ0) is 14.2. The van der Waals surface area contributed by atoms with Crippen LogP contribution >= 0.6 is 69.6 Å². The Labute approximate surface area is 139 Å². The summed E-state index contributed by atoms with van der Waals surface area (Å²) in [5.41, 5.74) is 0. The maximum Gasteiger partial charge on any atom is 0.149 e. The van der Waals surface area contributed by atoms with Crippen molar-refractivity contribution in [1.29, 1.82) is 0 Å². The molecule has 1 nitrogen and oxygen atoms in total. The largest absolute Gasteiger partial charge is 0.454 e. The maximum absolute atomic E-state index is 6.02. The van der Waals surface area contributed by atoms with Crippen LogP contribution in [0.25, 0.3) is 0 Å². The smallest absolute Gasteiger partial charge is 0.149 e. The highest BCUT2D eigenvalue weighted by atomic mass is 35.5. The molecule has 0 aliphatic rings. The van der Waals surface area contributed by atoms with Crippen molar-refractivity contribution >= 4 is 69.6 Å². The summed E-state index contributed by atoms with van der Waals surface area (Å²) in [6, 6.07) is 5.99. The zero-order valence-corrected chi connectivity index (χ0v) is 13.5. The molecule has 2 rings (SSSR count). The van der Waals surface area contributed by atoms with Crippen molar-refractivity contribution in [3.05, 3.63) is 54.4 Å². The third-order valence-corrected chi connectivity index (χ3v) is 4.17. The Kier molecular flexibility index (Phi) is 4.99. The highest BCUT2D eigenvalue weighted by Gasteiger charge is 2.13. The first kappa shape index (κ1) is 15.4. The highest BCUT2D eigenvalue weighted by Crippen LogP contribution is 2.41. The van der Waals surface area contributed by atoms with E-state index in [2.05, 4.69) is 0 Å². The molecule has 0 radical (unpaired) electrons. The van der Waals surface area contributed by atoms with Crippen LogP contribution in [0.1, 0.15) is 0 Å². The van der Waals surface area contributed by atoms with Gasteiger partial charge in [0, 0.05) is 17.2 Å². The summed E-state index contributed by atoms with van der Waals surface area (Å²) in [5.74, 6) is 0.579. The summed E-state index contributed by atoms with van der Waals surface area (Å²) in [6.45, 7) is 0. The fourth-order valence-corrected chi connectivity index (χ4v) is 2.51. The van der Waals surface area contributed by atoms with Crippen LogP contribution in [0, 0.1) is 0 Å². The molecule has 2 aromatic rings. The number of halogens is 6. The lowest BCUT2D eigenvalue weighted by Gasteiger charge is -2.11. The molecule has 0 saturated heterocycles. The molecule has 0 heterocycles. The molecule has 100 valence electrons. The molecule has 19 heavy (non-hydrogen) atoms. The summed E-state index contributed by atoms with van der Waals surface area (Å²) in [7, 11) is 0. The Balaban J connectivity index is 2.44. The van der Waals surface area contributed by atoms with Gasteiger partial charge < -0.3 is 4.74 Å². The summed E-state index contributed by atoms with van der Waals surface area (Å²) in [5, 5.41) is 1.83. The van der Waals surface area contributed by atoms with Crippen LogP contribution in [0.3, 0.4) is 0 Å². The van der Waals surface area contributed by atoms with Crippen molar-refractivity contribution in [2.75, 3.05) is 0 Å². The number of hydrogen-bond donors (Lipinski definition) is 0. The molecule has 2 aromatic carbocycles. The first-order valence-electron chi connectivity index (χ1n) is 4.85. The van der Waals surface area contributed by atoms with Gasteiger partial charge in [0.05, 0.1) is 20.1 Å². The minimum absolute atomic E-state index is 0.230. The Bertz CT molecular complexity index is 641. The standard InChI is InChI=1S/C12H4Cl6O/c13-5-1-9(17)12(18)11(2-5)19-10-4-7(15)6(14)3-8(10)16/h1-4H. The zero-order valence-electron chi connectivity index (χ0n) is 8.99. The Morgan fingerprint density at radius 3 is 1.89 bits per heavy atom. The van der Waals surface area contributed by atoms with E-state index in [4.69, 9.17) is 74.3 Å². The normalized spacial score (nSPS) is 10.6. The van der Waals surface area contributed by atoms with Crippen molar-refractivity contribution in [3.8, 4) is 11.5 Å². The second kappa shape index (κ2) is 6.17. The molecular weight excluding hydrogens is 373 g/mol. The Morgan fingerprint density at radius 2 is 1.21 bits per heavy atom. The van der Waals surface area contributed by atoms with Crippen molar-refractivity contribution in [3.63, 3.8) is 0 Å². The van der Waals surface area contributed by atoms with Crippen LogP contribution < -0.4 is 4.74 Å². The van der Waals surface area contributed by atoms with Gasteiger partial charge in [-0.05, 0) is 12.1 Å². The number of hydrogen-bond acceptors (Lipinski definition) is 1. The van der Waals surface area contributed by atoms with Crippen LogP contribution in [-0.2, 0) is 0 Å². The van der Waals surface area contributed by atoms with Crippen LogP contribution in [-0.4, -0.2) is 0 Å². The Hall–Kier alpha value is -0.0200. The van der Waals surface area contributed by atoms with Gasteiger partial charge in [-0.1, -0.05) is 69.6 Å². The third kappa shape index (κ3) is 3.55. The van der Waals surface area contributed by atoms with Gasteiger partial charge in [-0.25, -0.2) is 0 Å². The van der Waals surface area contributed by atoms with Crippen molar-refractivity contribution in [1.82, 2.24) is 0 Å². The molecular formula is C12H4Cl6O. The van der Waals surface area contributed by atoms with E-state index in [1.54, 1.807) is 0 Å². The lowest BCUT2D eigenvalue weighted by atomic mass is 10.3. The topological polar surface area (TPSA) is 9.23 Å². The predicted molar refractivity (Wildman–Crippen MR) is 83.0 cm³/mol. The minimum Gasteiger partial charge on any atom is -0.454 e. The lowest BCUT2D eigenvalue weighted by molar-refractivity contribution is 0.483. The summed E-state index contributed by atoms with van der Waals surface area (Å²) < 4.78 is 5.56. The predicted octanol–water partition coefficient (Wildman–Crippen LogP) is 7.40. The summed E-state index contributed by atoms with van der Waals surface area (Å²) in [4.78, 5) is 0. The molecule has 0 amide bonds. The van der Waals surface area contributed by atoms with Gasteiger partial charge in [-0.15, -0.1) is 0 Å². The van der Waals surface area contributed by atoms with E-state index in [9.17, 15) is 0 Å². The van der Waals surface area contributed by atoms with Crippen LogP contribution in [0.15, 0.2) is 24.3 Å². The third-order valence-electron chi connectivity index (χ3n) is 2.15. The molecule has 0 aliphatic carbocycles. The van der Waals surface area contributed by atoms with Crippen molar-refractivity contribution < 1.29 is 4.74 Å². The average molecular weight is 377 g/mol. The molecule has 0 unspecified atom stereocenters. The molecule has 0 spiro atoms. The van der Waals surface area contributed by atoms with Gasteiger partial charge in [0.15, 0.2) is 0 Å². The molecule has 0 aliphatic heterocycles. The van der Waals surface area contributed by atoms with E-state index in [1.165, 1.54) is 24.3 Å². The Morgan fingerprint density at radius 1 is 0.579 bits per heavy atom. The average Bonchev–Trinajstić information content (AvgIpc) is 2.32. The minimum atomic E-state index is 0.230. The fraction of sp³-hybridized carbons (Fsp3) is 0. The van der Waals surface area contributed by atoms with Crippen LogP contribution in [0.2, 0.25) is 30.1 Å². The summed E-state index contributed by atoms with van der Waals surface area (Å²) in [6.07, 6.45) is 0. The van der Waals surface area contributed by atoms with E-state index in [-0.39, 0.29) is 15.8 Å². The SMILES string of the molecule is Clc1cc(Cl)c(Cl)c(Oc2cc(Cl)c(Cl)cc2Cl)c1. The summed E-state index contributed by atoms with van der Waals surface area (Å²) >= 11 is 35.5. The van der Waals surface area contributed by atoms with Crippen molar-refractivity contribution in [2.45, 2.75) is 0 Å². The molecule has 0 N–H and O–H groups in total. The number of benzene rings is 2. The van der Waals surface area contributed by atoms with Gasteiger partial charge in [0.25, 0.3) is 0 Å². The van der Waals surface area contributed by atoms with Gasteiger partial charge >= 0.3 is 0 Å². The molecule has 0 aromatic heterocycles. The number of ether oxygens (including phenoxy) is 1. The first-order valence-corrected chi connectivity index (χ1v) is 7.12. The monoisotopic (exact) mass is 374 g/mol. The highest BCUT2D eigenvalue weighted by molar-refractivity contribution is 6.44. The van der Waals surface area contributed by atoms with Gasteiger partial charge in [0.2, 0.25) is 0 Å². The van der Waals surface area contributed by atoms with Crippen molar-refractivity contribution in [2.24, 2.45) is 0 Å². The van der Waals surface area contributed by atoms with Crippen LogP contribution in [0.4, 0.5) is 0 Å². The van der Waals surface area contributed by atoms with E-state index < -0.39 is 0 Å². The second-order valence-electron chi connectivity index (χ2n) is 3.50. The molecule has 0 atom stereocenters. The first-order chi connectivity index (χ1) is 8.88. The fourth-order valence-electron chi connectivity index (χ4n) is 1.31. The second-order valence-corrected chi connectivity index (χ2v) is 5.94. The molecule has 0 saturated carbocycles. The lowest BCUT2D eigenvalue weighted by Crippen LogP contribution is -1.88.